The number of halogens is 1. The van der Waals surface area contributed by atoms with Crippen molar-refractivity contribution in [2.24, 2.45) is 5.84 Å². The molecule has 3 nitrogen and oxygen atoms in total. The van der Waals surface area contributed by atoms with Crippen molar-refractivity contribution in [3.63, 3.8) is 0 Å². The number of nitrogens with two attached hydrogens (primary N) is 1. The van der Waals surface area contributed by atoms with Gasteiger partial charge in [-0.25, -0.2) is 9.82 Å². The molecule has 0 fully saturated rings. The molecule has 4 heteroatoms. The fourth-order valence-electron chi connectivity index (χ4n) is 2.21. The Labute approximate surface area is 106 Å². The SMILES string of the molecule is Cc1cc(C)c(C(NN)c2ccc(C)o2)c(F)c1. The highest BCUT2D eigenvalue weighted by molar-refractivity contribution is 5.37. The molecule has 2 rings (SSSR count). The van der Waals surface area contributed by atoms with E-state index >= 15 is 0 Å². The third-order valence-corrected chi connectivity index (χ3v) is 2.98. The van der Waals surface area contributed by atoms with Gasteiger partial charge in [-0.1, -0.05) is 6.07 Å². The first-order chi connectivity index (χ1) is 8.52. The van der Waals surface area contributed by atoms with Gasteiger partial charge in [0.15, 0.2) is 0 Å². The number of furan rings is 1. The Morgan fingerprint density at radius 2 is 1.94 bits per heavy atom. The molecule has 1 aromatic carbocycles. The van der Waals surface area contributed by atoms with Crippen LogP contribution in [0.1, 0.15) is 34.3 Å². The molecule has 0 saturated carbocycles. The molecule has 0 spiro atoms. The maximum absolute atomic E-state index is 14.1. The predicted molar refractivity (Wildman–Crippen MR) is 68.5 cm³/mol. The standard InChI is InChI=1S/C14H17FN2O/c1-8-6-9(2)13(11(15)7-8)14(17-16)12-5-4-10(3)18-12/h4-7,14,17H,16H2,1-3H3. The lowest BCUT2D eigenvalue weighted by molar-refractivity contribution is 0.425. The Morgan fingerprint density at radius 3 is 2.44 bits per heavy atom. The van der Waals surface area contributed by atoms with Crippen molar-refractivity contribution in [3.05, 3.63) is 58.3 Å². The molecule has 2 aromatic rings. The van der Waals surface area contributed by atoms with Crippen molar-refractivity contribution < 1.29 is 8.81 Å². The first-order valence-electron chi connectivity index (χ1n) is 5.82. The van der Waals surface area contributed by atoms with Crippen LogP contribution in [0.15, 0.2) is 28.7 Å². The summed E-state index contributed by atoms with van der Waals surface area (Å²) in [6, 6.07) is 6.60. The third-order valence-electron chi connectivity index (χ3n) is 2.98. The van der Waals surface area contributed by atoms with E-state index in [9.17, 15) is 4.39 Å². The van der Waals surface area contributed by atoms with E-state index < -0.39 is 6.04 Å². The molecule has 1 atom stereocenters. The van der Waals surface area contributed by atoms with Crippen molar-refractivity contribution in [1.82, 2.24) is 5.43 Å². The van der Waals surface area contributed by atoms with Gasteiger partial charge in [-0.15, -0.1) is 0 Å². The maximum Gasteiger partial charge on any atom is 0.129 e. The fourth-order valence-corrected chi connectivity index (χ4v) is 2.21. The van der Waals surface area contributed by atoms with E-state index in [1.807, 2.05) is 32.9 Å². The molecule has 1 aromatic heterocycles. The number of aryl methyl sites for hydroxylation is 3. The zero-order valence-electron chi connectivity index (χ0n) is 10.8. The Bertz CT molecular complexity index is 540. The molecule has 0 aliphatic carbocycles. The summed E-state index contributed by atoms with van der Waals surface area (Å²) in [5.41, 5.74) is 4.88. The van der Waals surface area contributed by atoms with Gasteiger partial charge in [0, 0.05) is 5.56 Å². The molecular weight excluding hydrogens is 231 g/mol. The van der Waals surface area contributed by atoms with E-state index in [1.165, 1.54) is 6.07 Å². The summed E-state index contributed by atoms with van der Waals surface area (Å²) in [6.45, 7) is 5.57. The fraction of sp³-hybridized carbons (Fsp3) is 0.286. The van der Waals surface area contributed by atoms with Crippen LogP contribution < -0.4 is 11.3 Å². The molecule has 0 radical (unpaired) electrons. The van der Waals surface area contributed by atoms with Crippen LogP contribution in [0.25, 0.3) is 0 Å². The van der Waals surface area contributed by atoms with E-state index in [0.717, 1.165) is 16.9 Å². The first kappa shape index (κ1) is 12.8. The summed E-state index contributed by atoms with van der Waals surface area (Å²) in [5.74, 6) is 6.66. The van der Waals surface area contributed by atoms with Crippen molar-refractivity contribution in [2.45, 2.75) is 26.8 Å². The lowest BCUT2D eigenvalue weighted by Crippen LogP contribution is -2.30. The van der Waals surface area contributed by atoms with Crippen LogP contribution >= 0.6 is 0 Å². The van der Waals surface area contributed by atoms with Crippen LogP contribution in [0, 0.1) is 26.6 Å². The Hall–Kier alpha value is -1.65. The van der Waals surface area contributed by atoms with E-state index in [2.05, 4.69) is 5.43 Å². The highest BCUT2D eigenvalue weighted by Gasteiger charge is 2.21. The van der Waals surface area contributed by atoms with E-state index in [1.54, 1.807) is 6.07 Å². The minimum absolute atomic E-state index is 0.274. The first-order valence-corrected chi connectivity index (χ1v) is 5.82. The van der Waals surface area contributed by atoms with Crippen LogP contribution in [0.5, 0.6) is 0 Å². The summed E-state index contributed by atoms with van der Waals surface area (Å²) in [4.78, 5) is 0. The molecule has 0 aliphatic rings. The van der Waals surface area contributed by atoms with Gasteiger partial charge in [-0.3, -0.25) is 5.84 Å². The van der Waals surface area contributed by atoms with Gasteiger partial charge in [0.05, 0.1) is 0 Å². The Kier molecular flexibility index (Phi) is 3.50. The molecule has 18 heavy (non-hydrogen) atoms. The quantitative estimate of drug-likeness (QED) is 0.648. The number of hydrogen-bond acceptors (Lipinski definition) is 3. The normalized spacial score (nSPS) is 12.7. The summed E-state index contributed by atoms with van der Waals surface area (Å²) in [5, 5.41) is 0. The van der Waals surface area contributed by atoms with Crippen LogP contribution in [0.3, 0.4) is 0 Å². The van der Waals surface area contributed by atoms with Crippen molar-refractivity contribution in [3.8, 4) is 0 Å². The smallest absolute Gasteiger partial charge is 0.129 e. The third kappa shape index (κ3) is 2.30. The van der Waals surface area contributed by atoms with Gasteiger partial charge < -0.3 is 4.42 Å². The van der Waals surface area contributed by atoms with Gasteiger partial charge in [0.2, 0.25) is 0 Å². The van der Waals surface area contributed by atoms with Gasteiger partial charge in [0.1, 0.15) is 23.4 Å². The summed E-state index contributed by atoms with van der Waals surface area (Å²) in [6.07, 6.45) is 0. The van der Waals surface area contributed by atoms with Gasteiger partial charge >= 0.3 is 0 Å². The highest BCUT2D eigenvalue weighted by Crippen LogP contribution is 2.28. The molecule has 1 unspecified atom stereocenters. The van der Waals surface area contributed by atoms with E-state index in [4.69, 9.17) is 10.3 Å². The van der Waals surface area contributed by atoms with Gasteiger partial charge in [-0.2, -0.15) is 0 Å². The minimum Gasteiger partial charge on any atom is -0.464 e. The summed E-state index contributed by atoms with van der Waals surface area (Å²) >= 11 is 0. The maximum atomic E-state index is 14.1. The molecular formula is C14H17FN2O. The lowest BCUT2D eigenvalue weighted by atomic mass is 9.97. The number of hydrazine groups is 1. The van der Waals surface area contributed by atoms with Crippen molar-refractivity contribution in [1.29, 1.82) is 0 Å². The second-order valence-electron chi connectivity index (χ2n) is 4.53. The molecule has 0 saturated heterocycles. The second-order valence-corrected chi connectivity index (χ2v) is 4.53. The lowest BCUT2D eigenvalue weighted by Gasteiger charge is -2.18. The number of benzene rings is 1. The van der Waals surface area contributed by atoms with Gasteiger partial charge in [0.25, 0.3) is 0 Å². The van der Waals surface area contributed by atoms with E-state index in [0.29, 0.717) is 11.3 Å². The Balaban J connectivity index is 2.51. The molecule has 1 heterocycles. The zero-order valence-corrected chi connectivity index (χ0v) is 10.8. The average Bonchev–Trinajstić information content (AvgIpc) is 2.69. The van der Waals surface area contributed by atoms with Gasteiger partial charge in [-0.05, 0) is 50.1 Å². The molecule has 0 bridgehead atoms. The van der Waals surface area contributed by atoms with Crippen molar-refractivity contribution >= 4 is 0 Å². The monoisotopic (exact) mass is 248 g/mol. The Morgan fingerprint density at radius 1 is 1.22 bits per heavy atom. The number of nitrogens with one attached hydrogen (secondary N) is 1. The zero-order chi connectivity index (χ0) is 13.3. The summed E-state index contributed by atoms with van der Waals surface area (Å²) < 4.78 is 19.6. The number of rotatable bonds is 3. The minimum atomic E-state index is -0.473. The topological polar surface area (TPSA) is 51.2 Å². The van der Waals surface area contributed by atoms with Crippen LogP contribution in [-0.2, 0) is 0 Å². The average molecular weight is 248 g/mol. The van der Waals surface area contributed by atoms with Crippen LogP contribution in [0.4, 0.5) is 4.39 Å². The molecule has 96 valence electrons. The molecule has 3 N–H and O–H groups in total. The molecule has 0 amide bonds. The summed E-state index contributed by atoms with van der Waals surface area (Å²) in [7, 11) is 0. The van der Waals surface area contributed by atoms with E-state index in [-0.39, 0.29) is 5.82 Å². The van der Waals surface area contributed by atoms with Crippen molar-refractivity contribution in [2.75, 3.05) is 0 Å². The molecule has 0 aliphatic heterocycles. The second kappa shape index (κ2) is 4.92. The van der Waals surface area contributed by atoms with Crippen LogP contribution in [0.2, 0.25) is 0 Å². The number of hydrogen-bond donors (Lipinski definition) is 2. The predicted octanol–water partition coefficient (Wildman–Crippen LogP) is 2.90. The largest absolute Gasteiger partial charge is 0.464 e. The van der Waals surface area contributed by atoms with Crippen LogP contribution in [-0.4, -0.2) is 0 Å². The highest BCUT2D eigenvalue weighted by atomic mass is 19.1.